The predicted molar refractivity (Wildman–Crippen MR) is 94.3 cm³/mol. The van der Waals surface area contributed by atoms with Gasteiger partial charge in [0.1, 0.15) is 10.8 Å². The van der Waals surface area contributed by atoms with Crippen molar-refractivity contribution in [3.63, 3.8) is 0 Å². The lowest BCUT2D eigenvalue weighted by Gasteiger charge is -2.11. The van der Waals surface area contributed by atoms with E-state index in [4.69, 9.17) is 4.74 Å². The number of aromatic hydroxyl groups is 1. The third kappa shape index (κ3) is 3.39. The highest BCUT2D eigenvalue weighted by Crippen LogP contribution is 2.40. The van der Waals surface area contributed by atoms with Gasteiger partial charge in [0.25, 0.3) is 5.69 Å². The van der Waals surface area contributed by atoms with Crippen molar-refractivity contribution in [1.29, 1.82) is 0 Å². The second-order valence-corrected chi connectivity index (χ2v) is 6.72. The van der Waals surface area contributed by atoms with Crippen LogP contribution in [0.25, 0.3) is 0 Å². The van der Waals surface area contributed by atoms with Gasteiger partial charge in [-0.3, -0.25) is 10.1 Å². The van der Waals surface area contributed by atoms with Crippen LogP contribution >= 0.6 is 11.3 Å². The van der Waals surface area contributed by atoms with Gasteiger partial charge in [-0.05, 0) is 37.3 Å². The molecule has 1 aromatic heterocycles. The summed E-state index contributed by atoms with van der Waals surface area (Å²) in [6, 6.07) is 3.71. The minimum atomic E-state index is -0.541. The maximum atomic E-state index is 12.2. The van der Waals surface area contributed by atoms with Gasteiger partial charge in [-0.1, -0.05) is 0 Å². The molecule has 0 unspecified atom stereocenters. The molecule has 25 heavy (non-hydrogen) atoms. The third-order valence-electron chi connectivity index (χ3n) is 4.09. The summed E-state index contributed by atoms with van der Waals surface area (Å²) in [6.45, 7) is 0. The first-order valence-electron chi connectivity index (χ1n) is 7.75. The van der Waals surface area contributed by atoms with Crippen LogP contribution in [0.1, 0.15) is 39.2 Å². The number of hydrogen-bond donors (Lipinski definition) is 1. The zero-order chi connectivity index (χ0) is 18.0. The number of nitrogens with zero attached hydrogens (tertiary/aromatic N) is 2. The van der Waals surface area contributed by atoms with Crippen LogP contribution in [0.3, 0.4) is 0 Å². The van der Waals surface area contributed by atoms with Crippen molar-refractivity contribution in [3.05, 3.63) is 49.9 Å². The number of thiophene rings is 1. The van der Waals surface area contributed by atoms with Gasteiger partial charge in [0.05, 0.1) is 17.6 Å². The van der Waals surface area contributed by atoms with Gasteiger partial charge in [0, 0.05) is 28.8 Å². The van der Waals surface area contributed by atoms with Crippen LogP contribution in [0.5, 0.6) is 5.75 Å². The molecule has 7 nitrogen and oxygen atoms in total. The molecule has 1 N–H and O–H groups in total. The van der Waals surface area contributed by atoms with Crippen molar-refractivity contribution in [2.24, 2.45) is 4.99 Å². The van der Waals surface area contributed by atoms with Gasteiger partial charge in [0.15, 0.2) is 0 Å². The number of ether oxygens (including phenoxy) is 1. The number of carbonyl (C=O) groups excluding carboxylic acids is 1. The summed E-state index contributed by atoms with van der Waals surface area (Å²) < 4.78 is 4.88. The lowest BCUT2D eigenvalue weighted by Crippen LogP contribution is -2.07. The van der Waals surface area contributed by atoms with Crippen LogP contribution in [0, 0.1) is 10.1 Å². The summed E-state index contributed by atoms with van der Waals surface area (Å²) in [4.78, 5) is 27.9. The van der Waals surface area contributed by atoms with Crippen LogP contribution in [0.4, 0.5) is 10.7 Å². The first-order chi connectivity index (χ1) is 12.0. The topological polar surface area (TPSA) is 102 Å². The van der Waals surface area contributed by atoms with Crippen LogP contribution in [-0.2, 0) is 17.6 Å². The molecular weight excluding hydrogens is 344 g/mol. The summed E-state index contributed by atoms with van der Waals surface area (Å²) in [5.74, 6) is -0.551. The number of methoxy groups -OCH3 is 1. The third-order valence-corrected chi connectivity index (χ3v) is 5.28. The number of rotatable bonds is 4. The Morgan fingerprint density at radius 1 is 1.40 bits per heavy atom. The summed E-state index contributed by atoms with van der Waals surface area (Å²) in [6.07, 6.45) is 5.15. The van der Waals surface area contributed by atoms with Crippen molar-refractivity contribution < 1.29 is 19.6 Å². The standard InChI is InChI=1S/C17H16N2O5S/c1-24-17(21)15-12-4-2-3-5-14(12)25-16(15)18-9-10-8-11(19(22)23)6-7-13(10)20/h6-9,20H,2-5H2,1H3/b18-9+. The molecule has 8 heteroatoms. The second-order valence-electron chi connectivity index (χ2n) is 5.64. The molecule has 1 aromatic carbocycles. The molecule has 0 bridgehead atoms. The largest absolute Gasteiger partial charge is 0.507 e. The van der Waals surface area contributed by atoms with E-state index >= 15 is 0 Å². The summed E-state index contributed by atoms with van der Waals surface area (Å²) in [7, 11) is 1.33. The molecule has 0 atom stereocenters. The Morgan fingerprint density at radius 3 is 2.88 bits per heavy atom. The highest BCUT2D eigenvalue weighted by molar-refractivity contribution is 7.16. The molecule has 0 saturated carbocycles. The van der Waals surface area contributed by atoms with Gasteiger partial charge in [-0.25, -0.2) is 9.79 Å². The Hall–Kier alpha value is -2.74. The first-order valence-corrected chi connectivity index (χ1v) is 8.57. The number of phenolic OH excluding ortho intramolecular Hbond substituents is 1. The molecule has 3 rings (SSSR count). The second kappa shape index (κ2) is 7.02. The summed E-state index contributed by atoms with van der Waals surface area (Å²) in [5, 5.41) is 21.3. The number of hydrogen-bond acceptors (Lipinski definition) is 7. The number of aliphatic imine (C=N–C) groups is 1. The quantitative estimate of drug-likeness (QED) is 0.387. The Morgan fingerprint density at radius 2 is 2.16 bits per heavy atom. The van der Waals surface area contributed by atoms with Gasteiger partial charge in [0.2, 0.25) is 0 Å². The number of non-ortho nitro benzene ring substituents is 1. The van der Waals surface area contributed by atoms with Gasteiger partial charge >= 0.3 is 5.97 Å². The predicted octanol–water partition coefficient (Wildman–Crippen LogP) is 3.78. The van der Waals surface area contributed by atoms with Crippen LogP contribution < -0.4 is 0 Å². The van der Waals surface area contributed by atoms with Crippen LogP contribution in [0.15, 0.2) is 23.2 Å². The smallest absolute Gasteiger partial charge is 0.341 e. The number of esters is 1. The van der Waals surface area contributed by atoms with E-state index in [1.807, 2.05) is 0 Å². The molecule has 0 amide bonds. The number of carbonyl (C=O) groups is 1. The van der Waals surface area contributed by atoms with Gasteiger partial charge in [-0.15, -0.1) is 11.3 Å². The first kappa shape index (κ1) is 17.1. The monoisotopic (exact) mass is 360 g/mol. The van der Waals surface area contributed by atoms with Crippen molar-refractivity contribution in [1.82, 2.24) is 0 Å². The van der Waals surface area contributed by atoms with Crippen LogP contribution in [0.2, 0.25) is 0 Å². The zero-order valence-electron chi connectivity index (χ0n) is 13.5. The lowest BCUT2D eigenvalue weighted by atomic mass is 9.95. The van der Waals surface area contributed by atoms with Gasteiger partial charge < -0.3 is 9.84 Å². The van der Waals surface area contributed by atoms with E-state index in [2.05, 4.69) is 4.99 Å². The molecule has 130 valence electrons. The zero-order valence-corrected chi connectivity index (χ0v) is 14.3. The molecule has 2 aromatic rings. The fourth-order valence-electron chi connectivity index (χ4n) is 2.84. The van der Waals surface area contributed by atoms with E-state index in [0.29, 0.717) is 10.6 Å². The Balaban J connectivity index is 2.02. The lowest BCUT2D eigenvalue weighted by molar-refractivity contribution is -0.384. The fourth-order valence-corrected chi connectivity index (χ4v) is 4.06. The summed E-state index contributed by atoms with van der Waals surface area (Å²) >= 11 is 1.43. The van der Waals surface area contributed by atoms with E-state index in [0.717, 1.165) is 36.1 Å². The van der Waals surface area contributed by atoms with Crippen molar-refractivity contribution in [2.75, 3.05) is 7.11 Å². The van der Waals surface area contributed by atoms with Gasteiger partial charge in [-0.2, -0.15) is 0 Å². The normalized spacial score (nSPS) is 13.6. The Bertz CT molecular complexity index is 872. The van der Waals surface area contributed by atoms with E-state index in [9.17, 15) is 20.0 Å². The summed E-state index contributed by atoms with van der Waals surface area (Å²) in [5.41, 5.74) is 1.52. The number of nitro groups is 1. The molecule has 0 spiro atoms. The maximum absolute atomic E-state index is 12.2. The average molecular weight is 360 g/mol. The SMILES string of the molecule is COC(=O)c1c(/N=C/c2cc([N+](=O)[O-])ccc2O)sc2c1CCCC2. The molecule has 0 saturated heterocycles. The molecule has 0 radical (unpaired) electrons. The Kier molecular flexibility index (Phi) is 4.80. The molecule has 1 aliphatic carbocycles. The molecule has 1 aliphatic rings. The van der Waals surface area contributed by atoms with E-state index in [1.165, 1.54) is 42.9 Å². The maximum Gasteiger partial charge on any atom is 0.341 e. The number of aryl methyl sites for hydroxylation is 1. The molecule has 1 heterocycles. The van der Waals surface area contributed by atoms with E-state index in [1.54, 1.807) is 0 Å². The Labute approximate surface area is 147 Å². The highest BCUT2D eigenvalue weighted by atomic mass is 32.1. The average Bonchev–Trinajstić information content (AvgIpc) is 2.98. The van der Waals surface area contributed by atoms with Crippen molar-refractivity contribution in [2.45, 2.75) is 25.7 Å². The number of fused-ring (bicyclic) bond motifs is 1. The minimum absolute atomic E-state index is 0.115. The molecule has 0 fully saturated rings. The van der Waals surface area contributed by atoms with E-state index in [-0.39, 0.29) is 17.0 Å². The van der Waals surface area contributed by atoms with Crippen LogP contribution in [-0.4, -0.2) is 29.3 Å². The number of nitro benzene ring substituents is 1. The van der Waals surface area contributed by atoms with Crippen molar-refractivity contribution >= 4 is 34.2 Å². The molecular formula is C17H16N2O5S. The number of benzene rings is 1. The minimum Gasteiger partial charge on any atom is -0.507 e. The number of phenols is 1. The molecule has 0 aliphatic heterocycles. The fraction of sp³-hybridized carbons (Fsp3) is 0.294. The van der Waals surface area contributed by atoms with Crippen molar-refractivity contribution in [3.8, 4) is 5.75 Å². The highest BCUT2D eigenvalue weighted by Gasteiger charge is 2.25. The van der Waals surface area contributed by atoms with E-state index < -0.39 is 10.9 Å².